The highest BCUT2D eigenvalue weighted by atomic mass is 32.1. The topological polar surface area (TPSA) is 88.3 Å². The molecule has 0 saturated heterocycles. The monoisotopic (exact) mass is 434 g/mol. The van der Waals surface area contributed by atoms with Crippen LogP contribution < -0.4 is 11.1 Å². The number of aromatic nitrogens is 1. The van der Waals surface area contributed by atoms with E-state index in [1.54, 1.807) is 11.3 Å². The van der Waals surface area contributed by atoms with Crippen LogP contribution in [0.2, 0.25) is 0 Å². The van der Waals surface area contributed by atoms with Gasteiger partial charge in [-0.05, 0) is 52.1 Å². The Labute approximate surface area is 180 Å². The number of hydrogen-bond acceptors (Lipinski definition) is 6. The van der Waals surface area contributed by atoms with Crippen LogP contribution in [0.3, 0.4) is 0 Å². The Hall–Kier alpha value is -1.77. The number of rotatable bonds is 7. The summed E-state index contributed by atoms with van der Waals surface area (Å²) in [5, 5.41) is 4.68. The van der Waals surface area contributed by atoms with Gasteiger partial charge in [-0.25, -0.2) is 4.98 Å². The number of thiazole rings is 1. The Balaban J connectivity index is 1.71. The summed E-state index contributed by atoms with van der Waals surface area (Å²) < 4.78 is 0. The molecule has 1 aliphatic rings. The van der Waals surface area contributed by atoms with E-state index in [0.29, 0.717) is 16.5 Å². The molecule has 1 atom stereocenters. The Morgan fingerprint density at radius 2 is 1.90 bits per heavy atom. The SMILES string of the molecule is Cc1nc(C(C)C)sc1[C@@H](C)N(C)CC(=O)Nc1sc2c(c1C(N)=O)CCCC2. The third-order valence-corrected chi connectivity index (χ3v) is 8.28. The molecule has 0 radical (unpaired) electrons. The minimum absolute atomic E-state index is 0.0814. The summed E-state index contributed by atoms with van der Waals surface area (Å²) in [6.45, 7) is 8.63. The van der Waals surface area contributed by atoms with E-state index in [9.17, 15) is 9.59 Å². The van der Waals surface area contributed by atoms with Crippen LogP contribution in [0, 0.1) is 6.92 Å². The van der Waals surface area contributed by atoms with Gasteiger partial charge in [0.25, 0.3) is 5.91 Å². The summed E-state index contributed by atoms with van der Waals surface area (Å²) >= 11 is 3.22. The molecule has 3 N–H and O–H groups in total. The highest BCUT2D eigenvalue weighted by Gasteiger charge is 2.26. The van der Waals surface area contributed by atoms with Gasteiger partial charge in [0, 0.05) is 21.7 Å². The van der Waals surface area contributed by atoms with Gasteiger partial charge in [0.15, 0.2) is 0 Å². The van der Waals surface area contributed by atoms with Crippen LogP contribution in [0.15, 0.2) is 0 Å². The van der Waals surface area contributed by atoms with Crippen molar-refractivity contribution in [2.45, 2.75) is 65.3 Å². The molecule has 2 heterocycles. The summed E-state index contributed by atoms with van der Waals surface area (Å²) in [6.07, 6.45) is 3.99. The molecule has 0 unspecified atom stereocenters. The molecule has 8 heteroatoms. The Morgan fingerprint density at radius 3 is 2.52 bits per heavy atom. The predicted octanol–water partition coefficient (Wildman–Crippen LogP) is 4.25. The van der Waals surface area contributed by atoms with Crippen molar-refractivity contribution in [3.05, 3.63) is 31.6 Å². The number of carbonyl (C=O) groups is 2. The number of amides is 2. The molecule has 6 nitrogen and oxygen atoms in total. The van der Waals surface area contributed by atoms with Crippen LogP contribution in [-0.4, -0.2) is 35.3 Å². The van der Waals surface area contributed by atoms with E-state index in [0.717, 1.165) is 41.9 Å². The van der Waals surface area contributed by atoms with Crippen molar-refractivity contribution in [2.24, 2.45) is 5.73 Å². The molecule has 3 rings (SSSR count). The second-order valence-electron chi connectivity index (χ2n) is 8.08. The largest absolute Gasteiger partial charge is 0.365 e. The van der Waals surface area contributed by atoms with Gasteiger partial charge in [0.1, 0.15) is 5.00 Å². The van der Waals surface area contributed by atoms with E-state index in [1.807, 2.05) is 18.9 Å². The molecule has 2 aromatic rings. The molecule has 0 saturated carbocycles. The predicted molar refractivity (Wildman–Crippen MR) is 120 cm³/mol. The molecule has 0 aliphatic heterocycles. The van der Waals surface area contributed by atoms with E-state index in [4.69, 9.17) is 5.73 Å². The smallest absolute Gasteiger partial charge is 0.251 e. The maximum Gasteiger partial charge on any atom is 0.251 e. The lowest BCUT2D eigenvalue weighted by Gasteiger charge is -2.23. The van der Waals surface area contributed by atoms with E-state index in [-0.39, 0.29) is 18.5 Å². The second kappa shape index (κ2) is 8.93. The highest BCUT2D eigenvalue weighted by Crippen LogP contribution is 2.38. The molecule has 0 fully saturated rings. The number of fused-ring (bicyclic) bond motifs is 1. The van der Waals surface area contributed by atoms with Crippen molar-refractivity contribution in [1.29, 1.82) is 0 Å². The number of thiophene rings is 1. The van der Waals surface area contributed by atoms with Crippen LogP contribution >= 0.6 is 22.7 Å². The zero-order valence-corrected chi connectivity index (χ0v) is 19.4. The van der Waals surface area contributed by atoms with Gasteiger partial charge >= 0.3 is 0 Å². The first-order valence-electron chi connectivity index (χ1n) is 10.1. The minimum Gasteiger partial charge on any atom is -0.365 e. The normalized spacial score (nSPS) is 14.9. The number of nitrogens with one attached hydrogen (secondary N) is 1. The zero-order chi connectivity index (χ0) is 21.3. The van der Waals surface area contributed by atoms with Gasteiger partial charge in [-0.2, -0.15) is 0 Å². The number of anilines is 1. The van der Waals surface area contributed by atoms with E-state index < -0.39 is 5.91 Å². The molecule has 29 heavy (non-hydrogen) atoms. The van der Waals surface area contributed by atoms with Crippen molar-refractivity contribution in [1.82, 2.24) is 9.88 Å². The second-order valence-corrected chi connectivity index (χ2v) is 10.2. The maximum absolute atomic E-state index is 12.7. The fourth-order valence-corrected chi connectivity index (χ4v) is 6.21. The summed E-state index contributed by atoms with van der Waals surface area (Å²) in [5.74, 6) is -0.194. The Morgan fingerprint density at radius 1 is 1.21 bits per heavy atom. The average molecular weight is 435 g/mol. The molecule has 2 aromatic heterocycles. The molecule has 0 spiro atoms. The lowest BCUT2D eigenvalue weighted by Crippen LogP contribution is -2.32. The summed E-state index contributed by atoms with van der Waals surface area (Å²) in [7, 11) is 1.94. The first-order chi connectivity index (χ1) is 13.7. The van der Waals surface area contributed by atoms with Crippen LogP contribution in [0.25, 0.3) is 0 Å². The van der Waals surface area contributed by atoms with Gasteiger partial charge < -0.3 is 11.1 Å². The van der Waals surface area contributed by atoms with Crippen molar-refractivity contribution in [3.63, 3.8) is 0 Å². The molecule has 158 valence electrons. The van der Waals surface area contributed by atoms with E-state index >= 15 is 0 Å². The molecule has 1 aliphatic carbocycles. The number of aryl methyl sites for hydroxylation is 2. The lowest BCUT2D eigenvalue weighted by atomic mass is 9.95. The standard InChI is InChI=1S/C21H30N4O2S2/c1-11(2)20-23-12(3)18(29-20)13(4)25(5)10-16(26)24-21-17(19(22)27)14-8-6-7-9-15(14)28-21/h11,13H,6-10H2,1-5H3,(H2,22,27)(H,24,26)/t13-/m1/s1. The number of nitrogens with two attached hydrogens (primary N) is 1. The van der Waals surface area contributed by atoms with Gasteiger partial charge in [-0.1, -0.05) is 13.8 Å². The lowest BCUT2D eigenvalue weighted by molar-refractivity contribution is -0.117. The third kappa shape index (κ3) is 4.70. The zero-order valence-electron chi connectivity index (χ0n) is 17.8. The molecule has 0 bridgehead atoms. The fourth-order valence-electron chi connectivity index (χ4n) is 3.71. The number of primary amides is 1. The van der Waals surface area contributed by atoms with Crippen LogP contribution in [0.5, 0.6) is 0 Å². The number of hydrogen-bond donors (Lipinski definition) is 2. The van der Waals surface area contributed by atoms with Crippen LogP contribution in [0.1, 0.15) is 81.9 Å². The number of nitrogens with zero attached hydrogens (tertiary/aromatic N) is 2. The van der Waals surface area contributed by atoms with Crippen molar-refractivity contribution in [3.8, 4) is 0 Å². The van der Waals surface area contributed by atoms with Crippen LogP contribution in [0.4, 0.5) is 5.00 Å². The van der Waals surface area contributed by atoms with Crippen LogP contribution in [-0.2, 0) is 17.6 Å². The van der Waals surface area contributed by atoms with E-state index in [2.05, 4.69) is 31.1 Å². The fraction of sp³-hybridized carbons (Fsp3) is 0.571. The Kier molecular flexibility index (Phi) is 6.76. The third-order valence-electron chi connectivity index (χ3n) is 5.45. The van der Waals surface area contributed by atoms with Crippen molar-refractivity contribution >= 4 is 39.5 Å². The number of likely N-dealkylation sites (N-methyl/N-ethyl adjacent to an activating group) is 1. The highest BCUT2D eigenvalue weighted by molar-refractivity contribution is 7.17. The van der Waals surface area contributed by atoms with Gasteiger partial charge in [0.2, 0.25) is 5.91 Å². The first-order valence-corrected chi connectivity index (χ1v) is 11.7. The molecular weight excluding hydrogens is 404 g/mol. The maximum atomic E-state index is 12.7. The molecule has 0 aromatic carbocycles. The number of carbonyl (C=O) groups excluding carboxylic acids is 2. The molecular formula is C21H30N4O2S2. The molecule has 2 amide bonds. The van der Waals surface area contributed by atoms with Gasteiger partial charge in [0.05, 0.1) is 22.8 Å². The Bertz CT molecular complexity index is 916. The average Bonchev–Trinajstić information content (AvgIpc) is 3.21. The summed E-state index contributed by atoms with van der Waals surface area (Å²) in [4.78, 5) is 33.8. The quantitative estimate of drug-likeness (QED) is 0.682. The van der Waals surface area contributed by atoms with Gasteiger partial charge in [-0.3, -0.25) is 14.5 Å². The summed E-state index contributed by atoms with van der Waals surface area (Å²) in [5.41, 5.74) is 8.20. The van der Waals surface area contributed by atoms with Gasteiger partial charge in [-0.15, -0.1) is 22.7 Å². The van der Waals surface area contributed by atoms with E-state index in [1.165, 1.54) is 21.1 Å². The minimum atomic E-state index is -0.456. The van der Waals surface area contributed by atoms with Crippen molar-refractivity contribution < 1.29 is 9.59 Å². The summed E-state index contributed by atoms with van der Waals surface area (Å²) in [6, 6.07) is 0.0814. The van der Waals surface area contributed by atoms with Crippen molar-refractivity contribution in [2.75, 3.05) is 18.9 Å². The first kappa shape index (κ1) is 21.9.